The van der Waals surface area contributed by atoms with Gasteiger partial charge in [-0.05, 0) is 24.3 Å². The molecule has 0 saturated carbocycles. The molecule has 74 valence electrons. The fourth-order valence-corrected chi connectivity index (χ4v) is 1.43. The first-order valence-electron chi connectivity index (χ1n) is 4.60. The van der Waals surface area contributed by atoms with Gasteiger partial charge in [-0.1, -0.05) is 5.92 Å². The minimum absolute atomic E-state index is 0.143. The number of carbonyl (C=O) groups is 1. The zero-order valence-electron chi connectivity index (χ0n) is 8.08. The van der Waals surface area contributed by atoms with Crippen LogP contribution >= 0.6 is 0 Å². The van der Waals surface area contributed by atoms with Gasteiger partial charge in [0.25, 0.3) is 5.91 Å². The molecule has 0 unspecified atom stereocenters. The molecule has 3 nitrogen and oxygen atoms in total. The molecule has 3 heteroatoms. The maximum absolute atomic E-state index is 11.6. The van der Waals surface area contributed by atoms with E-state index in [-0.39, 0.29) is 12.5 Å². The van der Waals surface area contributed by atoms with Crippen LogP contribution in [0, 0.1) is 12.3 Å². The fraction of sp³-hybridized carbons (Fsp3) is 0.0833. The Bertz CT molecular complexity index is 534. The third-order valence-electron chi connectivity index (χ3n) is 2.17. The minimum Gasteiger partial charge on any atom is -0.361 e. The molecule has 0 bridgehead atoms. The molecule has 2 aromatic rings. The van der Waals surface area contributed by atoms with Crippen molar-refractivity contribution in [1.82, 2.24) is 10.3 Å². The van der Waals surface area contributed by atoms with Gasteiger partial charge in [-0.3, -0.25) is 4.79 Å². The number of fused-ring (bicyclic) bond motifs is 1. The Morgan fingerprint density at radius 2 is 2.33 bits per heavy atom. The zero-order valence-corrected chi connectivity index (χ0v) is 8.08. The highest BCUT2D eigenvalue weighted by molar-refractivity contribution is 5.98. The number of hydrogen-bond donors (Lipinski definition) is 2. The quantitative estimate of drug-likeness (QED) is 0.706. The molecule has 1 aromatic heterocycles. The molecule has 2 rings (SSSR count). The lowest BCUT2D eigenvalue weighted by Crippen LogP contribution is -2.23. The molecule has 0 atom stereocenters. The van der Waals surface area contributed by atoms with Crippen LogP contribution in [-0.4, -0.2) is 17.4 Å². The SMILES string of the molecule is C#CCNC(=O)c1ccc2[nH]ccc2c1. The van der Waals surface area contributed by atoms with E-state index in [1.807, 2.05) is 24.4 Å². The first kappa shape index (κ1) is 9.35. The summed E-state index contributed by atoms with van der Waals surface area (Å²) in [4.78, 5) is 14.6. The number of aromatic amines is 1. The van der Waals surface area contributed by atoms with Crippen molar-refractivity contribution < 1.29 is 4.79 Å². The van der Waals surface area contributed by atoms with Gasteiger partial charge in [0, 0.05) is 22.7 Å². The van der Waals surface area contributed by atoms with E-state index < -0.39 is 0 Å². The van der Waals surface area contributed by atoms with E-state index in [2.05, 4.69) is 16.2 Å². The van der Waals surface area contributed by atoms with Crippen molar-refractivity contribution in [2.45, 2.75) is 0 Å². The first-order chi connectivity index (χ1) is 7.31. The van der Waals surface area contributed by atoms with Crippen molar-refractivity contribution in [3.8, 4) is 12.3 Å². The van der Waals surface area contributed by atoms with E-state index in [0.717, 1.165) is 10.9 Å². The Morgan fingerprint density at radius 3 is 3.13 bits per heavy atom. The number of terminal acetylenes is 1. The molecule has 0 radical (unpaired) electrons. The maximum atomic E-state index is 11.6. The minimum atomic E-state index is -0.143. The van der Waals surface area contributed by atoms with Crippen LogP contribution in [0.5, 0.6) is 0 Å². The largest absolute Gasteiger partial charge is 0.361 e. The van der Waals surface area contributed by atoms with Gasteiger partial charge < -0.3 is 10.3 Å². The van der Waals surface area contributed by atoms with Crippen molar-refractivity contribution >= 4 is 16.8 Å². The number of benzene rings is 1. The summed E-state index contributed by atoms with van der Waals surface area (Å²) >= 11 is 0. The molecular formula is C12H10N2O. The van der Waals surface area contributed by atoms with Crippen molar-refractivity contribution in [2.75, 3.05) is 6.54 Å². The number of nitrogens with one attached hydrogen (secondary N) is 2. The number of rotatable bonds is 2. The van der Waals surface area contributed by atoms with Crippen LogP contribution < -0.4 is 5.32 Å². The van der Waals surface area contributed by atoms with Crippen LogP contribution in [0.1, 0.15) is 10.4 Å². The Balaban J connectivity index is 2.28. The molecule has 0 aliphatic carbocycles. The van der Waals surface area contributed by atoms with Gasteiger partial charge in [0.1, 0.15) is 0 Å². The van der Waals surface area contributed by atoms with Crippen LogP contribution in [-0.2, 0) is 0 Å². The second kappa shape index (κ2) is 3.89. The van der Waals surface area contributed by atoms with Gasteiger partial charge in [0.05, 0.1) is 6.54 Å². The summed E-state index contributed by atoms with van der Waals surface area (Å²) < 4.78 is 0. The van der Waals surface area contributed by atoms with Gasteiger partial charge in [-0.2, -0.15) is 0 Å². The van der Waals surface area contributed by atoms with Crippen molar-refractivity contribution in [3.63, 3.8) is 0 Å². The van der Waals surface area contributed by atoms with E-state index in [4.69, 9.17) is 6.42 Å². The Labute approximate surface area is 87.5 Å². The number of H-pyrrole nitrogens is 1. The standard InChI is InChI=1S/C12H10N2O/c1-2-6-14-12(15)10-3-4-11-9(8-10)5-7-13-11/h1,3-5,7-8,13H,6H2,(H,14,15). The first-order valence-corrected chi connectivity index (χ1v) is 4.60. The second-order valence-electron chi connectivity index (χ2n) is 3.17. The highest BCUT2D eigenvalue weighted by Crippen LogP contribution is 2.13. The summed E-state index contributed by atoms with van der Waals surface area (Å²) in [6.07, 6.45) is 6.90. The lowest BCUT2D eigenvalue weighted by molar-refractivity contribution is 0.0959. The predicted octanol–water partition coefficient (Wildman–Crippen LogP) is 1.53. The number of carbonyl (C=O) groups excluding carboxylic acids is 1. The Hall–Kier alpha value is -2.21. The van der Waals surface area contributed by atoms with Crippen molar-refractivity contribution in [2.24, 2.45) is 0 Å². The summed E-state index contributed by atoms with van der Waals surface area (Å²) in [6, 6.07) is 7.40. The van der Waals surface area contributed by atoms with Gasteiger partial charge in [-0.15, -0.1) is 6.42 Å². The molecule has 0 aliphatic heterocycles. The summed E-state index contributed by atoms with van der Waals surface area (Å²) in [7, 11) is 0. The van der Waals surface area contributed by atoms with Crippen LogP contribution in [0.15, 0.2) is 30.5 Å². The molecular weight excluding hydrogens is 188 g/mol. The molecule has 0 fully saturated rings. The van der Waals surface area contributed by atoms with E-state index in [0.29, 0.717) is 5.56 Å². The normalized spacial score (nSPS) is 9.80. The molecule has 15 heavy (non-hydrogen) atoms. The number of aromatic nitrogens is 1. The van der Waals surface area contributed by atoms with Crippen LogP contribution in [0.4, 0.5) is 0 Å². The van der Waals surface area contributed by atoms with Crippen molar-refractivity contribution in [3.05, 3.63) is 36.0 Å². The number of hydrogen-bond acceptors (Lipinski definition) is 1. The van der Waals surface area contributed by atoms with Crippen molar-refractivity contribution in [1.29, 1.82) is 0 Å². The molecule has 1 amide bonds. The highest BCUT2D eigenvalue weighted by atomic mass is 16.1. The molecule has 0 saturated heterocycles. The maximum Gasteiger partial charge on any atom is 0.252 e. The second-order valence-corrected chi connectivity index (χ2v) is 3.17. The molecule has 2 N–H and O–H groups in total. The smallest absolute Gasteiger partial charge is 0.252 e. The molecule has 0 aliphatic rings. The predicted molar refractivity (Wildman–Crippen MR) is 59.5 cm³/mol. The van der Waals surface area contributed by atoms with E-state index in [1.54, 1.807) is 6.07 Å². The Kier molecular flexibility index (Phi) is 2.42. The summed E-state index contributed by atoms with van der Waals surface area (Å²) in [6.45, 7) is 0.254. The van der Waals surface area contributed by atoms with Crippen LogP contribution in [0.25, 0.3) is 10.9 Å². The molecule has 1 aromatic carbocycles. The molecule has 1 heterocycles. The van der Waals surface area contributed by atoms with Gasteiger partial charge >= 0.3 is 0 Å². The van der Waals surface area contributed by atoms with E-state index >= 15 is 0 Å². The monoisotopic (exact) mass is 198 g/mol. The fourth-order valence-electron chi connectivity index (χ4n) is 1.43. The third-order valence-corrected chi connectivity index (χ3v) is 2.17. The van der Waals surface area contributed by atoms with Gasteiger partial charge in [0.15, 0.2) is 0 Å². The zero-order chi connectivity index (χ0) is 10.7. The molecule has 0 spiro atoms. The average Bonchev–Trinajstić information content (AvgIpc) is 2.72. The van der Waals surface area contributed by atoms with Gasteiger partial charge in [-0.25, -0.2) is 0 Å². The topological polar surface area (TPSA) is 44.9 Å². The highest BCUT2D eigenvalue weighted by Gasteiger charge is 2.04. The Morgan fingerprint density at radius 1 is 1.47 bits per heavy atom. The summed E-state index contributed by atoms with van der Waals surface area (Å²) in [5.41, 5.74) is 1.64. The number of amides is 1. The lowest BCUT2D eigenvalue weighted by atomic mass is 10.1. The summed E-state index contributed by atoms with van der Waals surface area (Å²) in [5.74, 6) is 2.22. The third kappa shape index (κ3) is 1.84. The lowest BCUT2D eigenvalue weighted by Gasteiger charge is -2.01. The van der Waals surface area contributed by atoms with E-state index in [1.165, 1.54) is 0 Å². The van der Waals surface area contributed by atoms with Gasteiger partial charge in [0.2, 0.25) is 0 Å². The van der Waals surface area contributed by atoms with Crippen LogP contribution in [0.2, 0.25) is 0 Å². The van der Waals surface area contributed by atoms with Crippen LogP contribution in [0.3, 0.4) is 0 Å². The summed E-state index contributed by atoms with van der Waals surface area (Å²) in [5, 5.41) is 3.64. The van der Waals surface area contributed by atoms with E-state index in [9.17, 15) is 4.79 Å². The average molecular weight is 198 g/mol.